The molecule has 0 aromatic carbocycles. The van der Waals surface area contributed by atoms with Gasteiger partial charge in [-0.25, -0.2) is 19.2 Å². The Morgan fingerprint density at radius 3 is 2.89 bits per heavy atom. The van der Waals surface area contributed by atoms with Gasteiger partial charge in [0.05, 0.1) is 12.3 Å². The Hall–Kier alpha value is -3.25. The molecular weight excluding hydrogens is 491 g/mol. The Bertz CT molecular complexity index is 1330. The normalized spacial score (nSPS) is 31.9. The summed E-state index contributed by atoms with van der Waals surface area (Å²) in [6.07, 6.45) is 6.42. The lowest BCUT2D eigenvalue weighted by Crippen LogP contribution is -2.68. The minimum Gasteiger partial charge on any atom is -0.443 e. The quantitative estimate of drug-likeness (QED) is 0.390. The summed E-state index contributed by atoms with van der Waals surface area (Å²) in [6.45, 7) is 2.52. The molecule has 38 heavy (non-hydrogen) atoms. The summed E-state index contributed by atoms with van der Waals surface area (Å²) in [5, 5.41) is 13.5. The smallest absolute Gasteiger partial charge is 0.407 e. The fourth-order valence-corrected chi connectivity index (χ4v) is 6.52. The van der Waals surface area contributed by atoms with Crippen molar-refractivity contribution in [2.45, 2.75) is 74.8 Å². The first-order chi connectivity index (χ1) is 18.5. The summed E-state index contributed by atoms with van der Waals surface area (Å²) in [5.74, 6) is 1.45. The lowest BCUT2D eigenvalue weighted by Gasteiger charge is -2.61. The molecule has 3 aromatic rings. The molecule has 8 rings (SSSR count). The van der Waals surface area contributed by atoms with Gasteiger partial charge in [-0.2, -0.15) is 5.10 Å². The number of H-pyrrole nitrogens is 1. The first-order valence-corrected chi connectivity index (χ1v) is 13.5. The minimum absolute atomic E-state index is 0.0796. The number of halogens is 1. The molecule has 4 saturated carbocycles. The highest BCUT2D eigenvalue weighted by atomic mass is 19.1. The van der Waals surface area contributed by atoms with Crippen LogP contribution in [0.5, 0.6) is 0 Å². The molecule has 3 aromatic heterocycles. The number of imidazole rings is 1. The second-order valence-electron chi connectivity index (χ2n) is 11.4. The number of rotatable bonds is 9. The number of fused-ring (bicyclic) bond motifs is 1. The largest absolute Gasteiger partial charge is 0.443 e. The SMILES string of the molecule is COCC1CCN1Cc1cn2c(Nc3cc([C@@H]4CC[C@H](OC(=O)NC56CC(C5)C6)[C@@H]4F)[nH]n3)nccc2n1. The highest BCUT2D eigenvalue weighted by molar-refractivity contribution is 5.69. The van der Waals surface area contributed by atoms with Gasteiger partial charge in [-0.15, -0.1) is 0 Å². The summed E-state index contributed by atoms with van der Waals surface area (Å²) in [7, 11) is 1.73. The van der Waals surface area contributed by atoms with Crippen LogP contribution in [0.3, 0.4) is 0 Å². The number of alkyl halides is 1. The molecule has 202 valence electrons. The number of hydrogen-bond acceptors (Lipinski definition) is 8. The van der Waals surface area contributed by atoms with Crippen molar-refractivity contribution in [3.8, 4) is 0 Å². The van der Waals surface area contributed by atoms with Gasteiger partial charge < -0.3 is 20.1 Å². The van der Waals surface area contributed by atoms with E-state index < -0.39 is 24.3 Å². The van der Waals surface area contributed by atoms with Gasteiger partial charge in [0.25, 0.3) is 0 Å². The van der Waals surface area contributed by atoms with Gasteiger partial charge in [-0.3, -0.25) is 14.4 Å². The first-order valence-electron chi connectivity index (χ1n) is 13.5. The highest BCUT2D eigenvalue weighted by Gasteiger charge is 2.58. The van der Waals surface area contributed by atoms with E-state index in [-0.39, 0.29) is 5.54 Å². The number of ether oxygens (including phenoxy) is 2. The molecule has 4 heterocycles. The number of nitrogens with one attached hydrogen (secondary N) is 3. The number of aromatic amines is 1. The molecule has 1 aliphatic heterocycles. The van der Waals surface area contributed by atoms with Crippen molar-refractivity contribution >= 4 is 23.5 Å². The summed E-state index contributed by atoms with van der Waals surface area (Å²) in [6, 6.07) is 4.10. The van der Waals surface area contributed by atoms with Gasteiger partial charge in [0.15, 0.2) is 5.82 Å². The fraction of sp³-hybridized carbons (Fsp3) is 0.615. The van der Waals surface area contributed by atoms with Crippen LogP contribution in [-0.4, -0.2) is 79.7 Å². The number of hydrogen-bond donors (Lipinski definition) is 3. The third-order valence-corrected chi connectivity index (χ3v) is 8.82. The molecule has 0 spiro atoms. The minimum atomic E-state index is -1.29. The maximum absolute atomic E-state index is 15.3. The Balaban J connectivity index is 0.989. The van der Waals surface area contributed by atoms with Crippen LogP contribution in [0, 0.1) is 5.92 Å². The number of nitrogens with zero attached hydrogens (tertiary/aromatic N) is 5. The zero-order valence-electron chi connectivity index (χ0n) is 21.4. The van der Waals surface area contributed by atoms with Crippen LogP contribution >= 0.6 is 0 Å². The van der Waals surface area contributed by atoms with Gasteiger partial charge in [0.2, 0.25) is 5.95 Å². The Labute approximate surface area is 219 Å². The van der Waals surface area contributed by atoms with Crippen LogP contribution in [-0.2, 0) is 16.0 Å². The summed E-state index contributed by atoms with van der Waals surface area (Å²) in [5.41, 5.74) is 2.34. The Kier molecular flexibility index (Phi) is 5.77. The summed E-state index contributed by atoms with van der Waals surface area (Å²) >= 11 is 0. The molecule has 4 atom stereocenters. The monoisotopic (exact) mass is 524 g/mol. The number of alkyl carbamates (subject to hydrolysis) is 1. The second kappa shape index (κ2) is 9.19. The maximum atomic E-state index is 15.3. The van der Waals surface area contributed by atoms with Crippen molar-refractivity contribution < 1.29 is 18.7 Å². The van der Waals surface area contributed by atoms with E-state index in [1.807, 2.05) is 16.7 Å². The van der Waals surface area contributed by atoms with E-state index >= 15 is 4.39 Å². The lowest BCUT2D eigenvalue weighted by molar-refractivity contribution is -0.0532. The van der Waals surface area contributed by atoms with Gasteiger partial charge in [0, 0.05) is 61.9 Å². The number of carbonyl (C=O) groups excluding carboxylic acids is 1. The van der Waals surface area contributed by atoms with Crippen molar-refractivity contribution in [2.75, 3.05) is 25.6 Å². The molecule has 4 aliphatic carbocycles. The van der Waals surface area contributed by atoms with Gasteiger partial charge >= 0.3 is 6.09 Å². The molecule has 5 aliphatic rings. The summed E-state index contributed by atoms with van der Waals surface area (Å²) < 4.78 is 28.0. The van der Waals surface area contributed by atoms with E-state index in [1.165, 1.54) is 0 Å². The Morgan fingerprint density at radius 2 is 2.16 bits per heavy atom. The fourth-order valence-electron chi connectivity index (χ4n) is 6.52. The van der Waals surface area contributed by atoms with E-state index in [0.29, 0.717) is 36.3 Å². The number of carbonyl (C=O) groups is 1. The first kappa shape index (κ1) is 23.8. The molecule has 11 nitrogen and oxygen atoms in total. The number of anilines is 2. The number of amides is 1. The van der Waals surface area contributed by atoms with Crippen molar-refractivity contribution in [3.63, 3.8) is 0 Å². The van der Waals surface area contributed by atoms with Crippen LogP contribution in [0.4, 0.5) is 21.0 Å². The van der Waals surface area contributed by atoms with E-state index in [2.05, 4.69) is 30.7 Å². The molecule has 0 radical (unpaired) electrons. The molecular formula is C26H33FN8O3. The van der Waals surface area contributed by atoms with Crippen LogP contribution in [0.1, 0.15) is 55.8 Å². The highest BCUT2D eigenvalue weighted by Crippen LogP contribution is 2.57. The maximum Gasteiger partial charge on any atom is 0.407 e. The number of aromatic nitrogens is 5. The predicted octanol–water partition coefficient (Wildman–Crippen LogP) is 3.28. The molecule has 1 amide bonds. The van der Waals surface area contributed by atoms with Crippen molar-refractivity contribution in [3.05, 3.63) is 35.9 Å². The topological polar surface area (TPSA) is 122 Å². The third kappa shape index (κ3) is 4.19. The number of methoxy groups -OCH3 is 1. The van der Waals surface area contributed by atoms with Crippen LogP contribution in [0.15, 0.2) is 24.5 Å². The average molecular weight is 525 g/mol. The van der Waals surface area contributed by atoms with E-state index in [9.17, 15) is 4.79 Å². The standard InChI is InChI=1S/C26H33FN8O3/c1-37-14-17-5-7-34(17)12-16-13-35-22(29-16)4-6-28-24(35)30-21-8-19(32-33-21)18-2-3-20(23(18)27)38-25(36)31-26-9-15(10-26)11-26/h4,6,8,13,15,17-18,20,23H,2-3,5,7,9-12,14H2,1H3,(H,31,36)(H2,28,30,32,33)/t15?,17?,18-,20-,23+,26?/m0/s1. The number of likely N-dealkylation sites (tertiary alicyclic amines) is 1. The molecule has 5 fully saturated rings. The predicted molar refractivity (Wildman–Crippen MR) is 136 cm³/mol. The zero-order valence-corrected chi connectivity index (χ0v) is 21.4. The summed E-state index contributed by atoms with van der Waals surface area (Å²) in [4.78, 5) is 23.9. The molecule has 12 heteroatoms. The molecule has 3 N–H and O–H groups in total. The van der Waals surface area contributed by atoms with Crippen molar-refractivity contribution in [1.82, 2.24) is 34.8 Å². The van der Waals surface area contributed by atoms with E-state index in [4.69, 9.17) is 14.5 Å². The average Bonchev–Trinajstić information content (AvgIpc) is 3.56. The third-order valence-electron chi connectivity index (χ3n) is 8.82. The van der Waals surface area contributed by atoms with Gasteiger partial charge in [-0.05, 0) is 50.5 Å². The van der Waals surface area contributed by atoms with Crippen LogP contribution in [0.2, 0.25) is 0 Å². The van der Waals surface area contributed by atoms with Crippen molar-refractivity contribution in [1.29, 1.82) is 0 Å². The van der Waals surface area contributed by atoms with Crippen LogP contribution < -0.4 is 10.6 Å². The zero-order chi connectivity index (χ0) is 25.9. The Morgan fingerprint density at radius 1 is 1.29 bits per heavy atom. The van der Waals surface area contributed by atoms with E-state index in [1.54, 1.807) is 19.4 Å². The lowest BCUT2D eigenvalue weighted by atomic mass is 9.50. The molecule has 1 saturated heterocycles. The molecule has 2 bridgehead atoms. The van der Waals surface area contributed by atoms with Gasteiger partial charge in [0.1, 0.15) is 17.9 Å². The second-order valence-corrected chi connectivity index (χ2v) is 11.4. The van der Waals surface area contributed by atoms with Crippen molar-refractivity contribution in [2.24, 2.45) is 5.92 Å². The van der Waals surface area contributed by atoms with E-state index in [0.717, 1.165) is 62.6 Å². The van der Waals surface area contributed by atoms with Gasteiger partial charge in [-0.1, -0.05) is 0 Å². The molecule has 1 unspecified atom stereocenters. The van der Waals surface area contributed by atoms with Crippen LogP contribution in [0.25, 0.3) is 5.65 Å².